The van der Waals surface area contributed by atoms with Crippen LogP contribution < -0.4 is 20.1 Å². The molecule has 7 heteroatoms. The first-order chi connectivity index (χ1) is 11.7. The van der Waals surface area contributed by atoms with Gasteiger partial charge >= 0.3 is 6.03 Å². The van der Waals surface area contributed by atoms with Gasteiger partial charge in [0.25, 0.3) is 0 Å². The van der Waals surface area contributed by atoms with Crippen molar-refractivity contribution in [2.24, 2.45) is 0 Å². The molecule has 0 aliphatic heterocycles. The lowest BCUT2D eigenvalue weighted by atomic mass is 10.3. The smallest absolute Gasteiger partial charge is 0.319 e. The van der Waals surface area contributed by atoms with E-state index < -0.39 is 0 Å². The summed E-state index contributed by atoms with van der Waals surface area (Å²) in [6.07, 6.45) is 1.62. The Kier molecular flexibility index (Phi) is 4.81. The lowest BCUT2D eigenvalue weighted by Gasteiger charge is -2.09. The fraction of sp³-hybridized carbons (Fsp3) is 0.176. The predicted octanol–water partition coefficient (Wildman–Crippen LogP) is 2.77. The van der Waals surface area contributed by atoms with Crippen molar-refractivity contribution in [1.82, 2.24) is 15.3 Å². The van der Waals surface area contributed by atoms with Gasteiger partial charge < -0.3 is 25.1 Å². The van der Waals surface area contributed by atoms with E-state index in [9.17, 15) is 4.79 Å². The van der Waals surface area contributed by atoms with Crippen LogP contribution in [-0.2, 0) is 0 Å². The van der Waals surface area contributed by atoms with Crippen LogP contribution in [0.3, 0.4) is 0 Å². The third-order valence-corrected chi connectivity index (χ3v) is 3.39. The Morgan fingerprint density at radius 3 is 2.75 bits per heavy atom. The molecule has 24 heavy (non-hydrogen) atoms. The number of hydrogen-bond acceptors (Lipinski definition) is 4. The lowest BCUT2D eigenvalue weighted by Crippen LogP contribution is -2.32. The van der Waals surface area contributed by atoms with Crippen molar-refractivity contribution in [3.05, 3.63) is 48.8 Å². The Balaban J connectivity index is 1.41. The van der Waals surface area contributed by atoms with Gasteiger partial charge in [-0.25, -0.2) is 9.78 Å². The predicted molar refractivity (Wildman–Crippen MR) is 91.6 cm³/mol. The van der Waals surface area contributed by atoms with Crippen LogP contribution in [0.25, 0.3) is 11.0 Å². The van der Waals surface area contributed by atoms with Crippen molar-refractivity contribution in [2.45, 2.75) is 0 Å². The number of methoxy groups -OCH3 is 1. The summed E-state index contributed by atoms with van der Waals surface area (Å²) >= 11 is 0. The first-order valence-corrected chi connectivity index (χ1v) is 7.49. The molecule has 3 aromatic rings. The second-order valence-electron chi connectivity index (χ2n) is 5.04. The largest absolute Gasteiger partial charge is 0.497 e. The third-order valence-electron chi connectivity index (χ3n) is 3.39. The quantitative estimate of drug-likeness (QED) is 0.608. The molecule has 3 rings (SSSR count). The average molecular weight is 326 g/mol. The van der Waals surface area contributed by atoms with Gasteiger partial charge in [-0.15, -0.1) is 0 Å². The molecule has 0 bridgehead atoms. The standard InChI is InChI=1S/C17H18N4O3/c1-23-13-3-5-14(6-4-13)24-9-8-18-17(22)21-12-2-7-15-16(10-12)20-11-19-15/h2-7,10-11H,8-9H2,1H3,(H,19,20)(H2,18,21,22). The second-order valence-corrected chi connectivity index (χ2v) is 5.04. The van der Waals surface area contributed by atoms with Gasteiger partial charge in [0.15, 0.2) is 0 Å². The number of fused-ring (bicyclic) bond motifs is 1. The number of nitrogens with zero attached hydrogens (tertiary/aromatic N) is 1. The van der Waals surface area contributed by atoms with Gasteiger partial charge in [-0.1, -0.05) is 0 Å². The van der Waals surface area contributed by atoms with Crippen molar-refractivity contribution in [3.63, 3.8) is 0 Å². The molecule has 0 radical (unpaired) electrons. The fourth-order valence-electron chi connectivity index (χ4n) is 2.19. The van der Waals surface area contributed by atoms with Crippen LogP contribution in [0.2, 0.25) is 0 Å². The van der Waals surface area contributed by atoms with Gasteiger partial charge in [0.1, 0.15) is 18.1 Å². The van der Waals surface area contributed by atoms with Gasteiger partial charge in [0.2, 0.25) is 0 Å². The number of aromatic amines is 1. The van der Waals surface area contributed by atoms with Crippen LogP contribution >= 0.6 is 0 Å². The molecule has 1 heterocycles. The van der Waals surface area contributed by atoms with Crippen molar-refractivity contribution in [2.75, 3.05) is 25.6 Å². The highest BCUT2D eigenvalue weighted by Gasteiger charge is 2.03. The maximum Gasteiger partial charge on any atom is 0.319 e. The average Bonchev–Trinajstić information content (AvgIpc) is 3.07. The molecule has 0 aliphatic carbocycles. The summed E-state index contributed by atoms with van der Waals surface area (Å²) in [5.74, 6) is 1.50. The first kappa shape index (κ1) is 15.7. The number of anilines is 1. The number of imidazole rings is 1. The number of carbonyl (C=O) groups is 1. The Labute approximate surface area is 139 Å². The first-order valence-electron chi connectivity index (χ1n) is 7.49. The normalized spacial score (nSPS) is 10.4. The summed E-state index contributed by atoms with van der Waals surface area (Å²) in [6.45, 7) is 0.767. The number of H-pyrrole nitrogens is 1. The molecule has 7 nitrogen and oxygen atoms in total. The minimum atomic E-state index is -0.285. The molecular weight excluding hydrogens is 308 g/mol. The van der Waals surface area contributed by atoms with Crippen LogP contribution in [0.4, 0.5) is 10.5 Å². The van der Waals surface area contributed by atoms with E-state index in [1.54, 1.807) is 19.5 Å². The monoisotopic (exact) mass is 326 g/mol. The maximum absolute atomic E-state index is 11.9. The number of ether oxygens (including phenoxy) is 2. The Bertz CT molecular complexity index is 814. The van der Waals surface area contributed by atoms with Crippen molar-refractivity contribution < 1.29 is 14.3 Å². The van der Waals surface area contributed by atoms with Gasteiger partial charge in [-0.05, 0) is 42.5 Å². The number of benzene rings is 2. The molecule has 0 spiro atoms. The number of amides is 2. The van der Waals surface area contributed by atoms with E-state index in [4.69, 9.17) is 9.47 Å². The Hall–Kier alpha value is -3.22. The van der Waals surface area contributed by atoms with Gasteiger partial charge in [0, 0.05) is 5.69 Å². The topological polar surface area (TPSA) is 88.3 Å². The van der Waals surface area contributed by atoms with E-state index in [2.05, 4.69) is 20.6 Å². The minimum Gasteiger partial charge on any atom is -0.497 e. The summed E-state index contributed by atoms with van der Waals surface area (Å²) in [6, 6.07) is 12.5. The van der Waals surface area contributed by atoms with Crippen LogP contribution in [0.15, 0.2) is 48.8 Å². The Morgan fingerprint density at radius 2 is 1.96 bits per heavy atom. The summed E-state index contributed by atoms with van der Waals surface area (Å²) in [5.41, 5.74) is 2.42. The molecule has 1 aromatic heterocycles. The highest BCUT2D eigenvalue weighted by atomic mass is 16.5. The summed E-state index contributed by atoms with van der Waals surface area (Å²) in [5, 5.41) is 5.51. The van der Waals surface area contributed by atoms with E-state index >= 15 is 0 Å². The summed E-state index contributed by atoms with van der Waals surface area (Å²) in [4.78, 5) is 19.0. The number of aromatic nitrogens is 2. The molecule has 3 N–H and O–H groups in total. The van der Waals surface area contributed by atoms with Gasteiger partial charge in [0.05, 0.1) is 31.0 Å². The molecule has 0 saturated heterocycles. The number of rotatable bonds is 6. The van der Waals surface area contributed by atoms with Crippen molar-refractivity contribution >= 4 is 22.8 Å². The van der Waals surface area contributed by atoms with Crippen molar-refractivity contribution in [1.29, 1.82) is 0 Å². The molecule has 2 amide bonds. The second kappa shape index (κ2) is 7.36. The minimum absolute atomic E-state index is 0.285. The maximum atomic E-state index is 11.9. The van der Waals surface area contributed by atoms with Crippen LogP contribution in [-0.4, -0.2) is 36.3 Å². The van der Waals surface area contributed by atoms with Gasteiger partial charge in [-0.3, -0.25) is 0 Å². The third kappa shape index (κ3) is 3.95. The van der Waals surface area contributed by atoms with Crippen molar-refractivity contribution in [3.8, 4) is 11.5 Å². The molecular formula is C17H18N4O3. The zero-order chi connectivity index (χ0) is 16.8. The molecule has 124 valence electrons. The number of hydrogen-bond donors (Lipinski definition) is 3. The SMILES string of the molecule is COc1ccc(OCCNC(=O)Nc2ccc3nc[nH]c3c2)cc1. The fourth-order valence-corrected chi connectivity index (χ4v) is 2.19. The van der Waals surface area contributed by atoms with Crippen LogP contribution in [0.5, 0.6) is 11.5 Å². The zero-order valence-corrected chi connectivity index (χ0v) is 13.2. The number of carbonyl (C=O) groups excluding carboxylic acids is 1. The van der Waals surface area contributed by atoms with Crippen LogP contribution in [0, 0.1) is 0 Å². The molecule has 0 saturated carbocycles. The van der Waals surface area contributed by atoms with E-state index in [-0.39, 0.29) is 6.03 Å². The lowest BCUT2D eigenvalue weighted by molar-refractivity contribution is 0.247. The summed E-state index contributed by atoms with van der Waals surface area (Å²) in [7, 11) is 1.61. The highest BCUT2D eigenvalue weighted by Crippen LogP contribution is 2.17. The molecule has 0 atom stereocenters. The highest BCUT2D eigenvalue weighted by molar-refractivity contribution is 5.91. The van der Waals surface area contributed by atoms with Gasteiger partial charge in [-0.2, -0.15) is 0 Å². The number of urea groups is 1. The summed E-state index contributed by atoms with van der Waals surface area (Å²) < 4.78 is 10.6. The van der Waals surface area contributed by atoms with E-state index in [1.165, 1.54) is 0 Å². The molecule has 2 aromatic carbocycles. The number of nitrogens with one attached hydrogen (secondary N) is 3. The van der Waals surface area contributed by atoms with E-state index in [0.29, 0.717) is 18.8 Å². The molecule has 0 fully saturated rings. The molecule has 0 unspecified atom stereocenters. The van der Waals surface area contributed by atoms with E-state index in [1.807, 2.05) is 36.4 Å². The van der Waals surface area contributed by atoms with Crippen LogP contribution in [0.1, 0.15) is 0 Å². The van der Waals surface area contributed by atoms with E-state index in [0.717, 1.165) is 22.5 Å². The molecule has 0 aliphatic rings. The Morgan fingerprint density at radius 1 is 1.17 bits per heavy atom. The zero-order valence-electron chi connectivity index (χ0n) is 13.2.